The van der Waals surface area contributed by atoms with Crippen LogP contribution in [-0.2, 0) is 15.1 Å². The number of methoxy groups -OCH3 is 1. The average molecular weight is 352 g/mol. The van der Waals surface area contributed by atoms with E-state index in [9.17, 15) is 9.18 Å². The lowest BCUT2D eigenvalue weighted by atomic mass is 9.91. The number of ether oxygens (including phenoxy) is 1. The first kappa shape index (κ1) is 15.5. The van der Waals surface area contributed by atoms with Gasteiger partial charge in [0.05, 0.1) is 7.11 Å². The van der Waals surface area contributed by atoms with Gasteiger partial charge in [-0.3, -0.25) is 0 Å². The number of rotatable bonds is 4. The van der Waals surface area contributed by atoms with Crippen molar-refractivity contribution in [1.82, 2.24) is 0 Å². The van der Waals surface area contributed by atoms with E-state index in [0.29, 0.717) is 11.3 Å². The number of hydrogen-bond donors (Lipinski definition) is 1. The second kappa shape index (κ2) is 6.26. The Morgan fingerprint density at radius 2 is 1.95 bits per heavy atom. The topological polar surface area (TPSA) is 38.3 Å². The highest BCUT2D eigenvalue weighted by molar-refractivity contribution is 9.10. The molecule has 0 amide bonds. The summed E-state index contributed by atoms with van der Waals surface area (Å²) in [5, 5.41) is 3.06. The standard InChI is InChI=1S/C16H15BrFNO2/c1-16(15(20)21-2,11-5-3-6-12(17)9-11)19-14-8-4-7-13(18)10-14/h3-10,19H,1-2H3. The van der Waals surface area contributed by atoms with Crippen molar-refractivity contribution >= 4 is 27.6 Å². The number of esters is 1. The van der Waals surface area contributed by atoms with E-state index in [4.69, 9.17) is 4.74 Å². The molecule has 0 spiro atoms. The van der Waals surface area contributed by atoms with Gasteiger partial charge in [-0.15, -0.1) is 0 Å². The minimum Gasteiger partial charge on any atom is -0.467 e. The lowest BCUT2D eigenvalue weighted by Gasteiger charge is -2.29. The third-order valence-corrected chi connectivity index (χ3v) is 3.71. The second-order valence-corrected chi connectivity index (χ2v) is 5.68. The van der Waals surface area contributed by atoms with Gasteiger partial charge >= 0.3 is 5.97 Å². The van der Waals surface area contributed by atoms with Gasteiger partial charge in [0.15, 0.2) is 5.54 Å². The highest BCUT2D eigenvalue weighted by Crippen LogP contribution is 2.29. The summed E-state index contributed by atoms with van der Waals surface area (Å²) in [5.41, 5.74) is 0.0997. The molecule has 2 aromatic carbocycles. The highest BCUT2D eigenvalue weighted by Gasteiger charge is 2.36. The number of nitrogens with one attached hydrogen (secondary N) is 1. The summed E-state index contributed by atoms with van der Waals surface area (Å²) in [6.45, 7) is 1.70. The van der Waals surface area contributed by atoms with Gasteiger partial charge in [-0.2, -0.15) is 0 Å². The van der Waals surface area contributed by atoms with E-state index in [-0.39, 0.29) is 5.82 Å². The molecule has 0 aliphatic carbocycles. The van der Waals surface area contributed by atoms with Crippen molar-refractivity contribution in [2.45, 2.75) is 12.5 Å². The van der Waals surface area contributed by atoms with Crippen LogP contribution in [-0.4, -0.2) is 13.1 Å². The average Bonchev–Trinajstić information content (AvgIpc) is 2.46. The molecule has 0 aromatic heterocycles. The molecule has 0 bridgehead atoms. The lowest BCUT2D eigenvalue weighted by Crippen LogP contribution is -2.41. The minimum absolute atomic E-state index is 0.374. The Hall–Kier alpha value is -1.88. The van der Waals surface area contributed by atoms with E-state index in [1.807, 2.05) is 24.3 Å². The first-order valence-electron chi connectivity index (χ1n) is 6.34. The molecule has 0 aliphatic rings. The van der Waals surface area contributed by atoms with Crippen molar-refractivity contribution in [1.29, 1.82) is 0 Å². The van der Waals surface area contributed by atoms with Crippen LogP contribution in [0, 0.1) is 5.82 Å². The Bertz CT molecular complexity index is 662. The summed E-state index contributed by atoms with van der Waals surface area (Å²) < 4.78 is 19.1. The fourth-order valence-electron chi connectivity index (χ4n) is 2.10. The van der Waals surface area contributed by atoms with Crippen LogP contribution >= 0.6 is 15.9 Å². The van der Waals surface area contributed by atoms with E-state index in [1.54, 1.807) is 19.1 Å². The maximum atomic E-state index is 13.3. The maximum absolute atomic E-state index is 13.3. The monoisotopic (exact) mass is 351 g/mol. The zero-order valence-electron chi connectivity index (χ0n) is 11.7. The van der Waals surface area contributed by atoms with Crippen LogP contribution in [0.1, 0.15) is 12.5 Å². The summed E-state index contributed by atoms with van der Waals surface area (Å²) in [5.74, 6) is -0.827. The van der Waals surface area contributed by atoms with Crippen molar-refractivity contribution < 1.29 is 13.9 Å². The summed E-state index contributed by atoms with van der Waals surface area (Å²) in [4.78, 5) is 12.2. The fourth-order valence-corrected chi connectivity index (χ4v) is 2.50. The largest absolute Gasteiger partial charge is 0.467 e. The van der Waals surface area contributed by atoms with E-state index >= 15 is 0 Å². The predicted molar refractivity (Wildman–Crippen MR) is 83.5 cm³/mol. The van der Waals surface area contributed by atoms with Crippen LogP contribution in [0.4, 0.5) is 10.1 Å². The first-order valence-corrected chi connectivity index (χ1v) is 7.13. The Labute approximate surface area is 131 Å². The van der Waals surface area contributed by atoms with E-state index < -0.39 is 11.5 Å². The summed E-state index contributed by atoms with van der Waals surface area (Å²) in [7, 11) is 1.33. The summed E-state index contributed by atoms with van der Waals surface area (Å²) >= 11 is 3.38. The van der Waals surface area contributed by atoms with Crippen molar-refractivity contribution in [3.8, 4) is 0 Å². The molecule has 0 heterocycles. The third-order valence-electron chi connectivity index (χ3n) is 3.21. The molecule has 0 saturated carbocycles. The van der Waals surface area contributed by atoms with Crippen LogP contribution in [0.25, 0.3) is 0 Å². The molecule has 3 nitrogen and oxygen atoms in total. The molecule has 5 heteroatoms. The second-order valence-electron chi connectivity index (χ2n) is 4.76. The number of benzene rings is 2. The van der Waals surface area contributed by atoms with Gasteiger partial charge in [-0.05, 0) is 42.8 Å². The Kier molecular flexibility index (Phi) is 4.63. The van der Waals surface area contributed by atoms with Gasteiger partial charge in [0.1, 0.15) is 5.82 Å². The maximum Gasteiger partial charge on any atom is 0.335 e. The molecule has 1 atom stereocenters. The molecule has 1 unspecified atom stereocenters. The quantitative estimate of drug-likeness (QED) is 0.843. The molecule has 0 radical (unpaired) electrons. The number of carbonyl (C=O) groups excluding carboxylic acids is 1. The van der Waals surface area contributed by atoms with Gasteiger partial charge < -0.3 is 10.1 Å². The number of anilines is 1. The van der Waals surface area contributed by atoms with Gasteiger partial charge in [0.25, 0.3) is 0 Å². The molecule has 1 N–H and O–H groups in total. The SMILES string of the molecule is COC(=O)C(C)(Nc1cccc(F)c1)c1cccc(Br)c1. The van der Waals surface area contributed by atoms with Crippen LogP contribution in [0.2, 0.25) is 0 Å². The summed E-state index contributed by atoms with van der Waals surface area (Å²) in [6, 6.07) is 13.3. The van der Waals surface area contributed by atoms with Crippen LogP contribution < -0.4 is 5.32 Å². The molecule has 110 valence electrons. The van der Waals surface area contributed by atoms with Gasteiger partial charge in [-0.1, -0.05) is 34.1 Å². The molecular formula is C16H15BrFNO2. The zero-order chi connectivity index (χ0) is 15.5. The number of hydrogen-bond acceptors (Lipinski definition) is 3. The molecule has 0 saturated heterocycles. The molecule has 0 aliphatic heterocycles. The highest BCUT2D eigenvalue weighted by atomic mass is 79.9. The number of halogens is 2. The smallest absolute Gasteiger partial charge is 0.335 e. The van der Waals surface area contributed by atoms with Gasteiger partial charge in [0, 0.05) is 10.2 Å². The zero-order valence-corrected chi connectivity index (χ0v) is 13.3. The molecule has 2 rings (SSSR count). The minimum atomic E-state index is -1.12. The molecule has 21 heavy (non-hydrogen) atoms. The van der Waals surface area contributed by atoms with Crippen LogP contribution in [0.5, 0.6) is 0 Å². The van der Waals surface area contributed by atoms with E-state index in [1.165, 1.54) is 19.2 Å². The fraction of sp³-hybridized carbons (Fsp3) is 0.188. The van der Waals surface area contributed by atoms with Crippen molar-refractivity contribution in [3.63, 3.8) is 0 Å². The van der Waals surface area contributed by atoms with Crippen molar-refractivity contribution in [2.24, 2.45) is 0 Å². The van der Waals surface area contributed by atoms with Crippen LogP contribution in [0.15, 0.2) is 53.0 Å². The van der Waals surface area contributed by atoms with E-state index in [2.05, 4.69) is 21.2 Å². The van der Waals surface area contributed by atoms with Gasteiger partial charge in [-0.25, -0.2) is 9.18 Å². The molecule has 2 aromatic rings. The summed E-state index contributed by atoms with van der Waals surface area (Å²) in [6.07, 6.45) is 0. The van der Waals surface area contributed by atoms with Gasteiger partial charge in [0.2, 0.25) is 0 Å². The third kappa shape index (κ3) is 3.42. The number of carbonyl (C=O) groups is 1. The Balaban J connectivity index is 2.45. The Morgan fingerprint density at radius 3 is 2.57 bits per heavy atom. The van der Waals surface area contributed by atoms with Crippen LogP contribution in [0.3, 0.4) is 0 Å². The Morgan fingerprint density at radius 1 is 1.24 bits per heavy atom. The van der Waals surface area contributed by atoms with Crippen molar-refractivity contribution in [3.05, 3.63) is 64.4 Å². The van der Waals surface area contributed by atoms with E-state index in [0.717, 1.165) is 4.47 Å². The normalized spacial score (nSPS) is 13.3. The first-order chi connectivity index (χ1) is 9.95. The molecular weight excluding hydrogens is 337 g/mol. The predicted octanol–water partition coefficient (Wildman–Crippen LogP) is 4.09. The lowest BCUT2D eigenvalue weighted by molar-refractivity contribution is -0.145. The molecule has 0 fully saturated rings. The van der Waals surface area contributed by atoms with Crippen molar-refractivity contribution in [2.75, 3.05) is 12.4 Å².